The molecule has 1 aliphatic heterocycles. The first kappa shape index (κ1) is 21.3. The van der Waals surface area contributed by atoms with Crippen molar-refractivity contribution in [2.45, 2.75) is 39.7 Å². The molecular weight excluding hydrogens is 412 g/mol. The molecular formula is C22H28N6O2S. The Bertz CT molecular complexity index is 1080. The second kappa shape index (κ2) is 9.07. The summed E-state index contributed by atoms with van der Waals surface area (Å²) in [6.45, 7) is 9.16. The van der Waals surface area contributed by atoms with Crippen LogP contribution in [0.1, 0.15) is 46.6 Å². The molecule has 1 fully saturated rings. The maximum absolute atomic E-state index is 12.7. The second-order valence-corrected chi connectivity index (χ2v) is 8.97. The number of hydrogen-bond acceptors (Lipinski definition) is 7. The van der Waals surface area contributed by atoms with Gasteiger partial charge in [0.1, 0.15) is 10.6 Å². The summed E-state index contributed by atoms with van der Waals surface area (Å²) in [6.07, 6.45) is 5.82. The number of aromatic hydroxyl groups is 1. The van der Waals surface area contributed by atoms with Crippen LogP contribution in [0.25, 0.3) is 0 Å². The van der Waals surface area contributed by atoms with Gasteiger partial charge >= 0.3 is 0 Å². The normalized spacial score (nSPS) is 16.5. The number of carbonyl (C=O) groups is 1. The van der Waals surface area contributed by atoms with E-state index in [9.17, 15) is 9.90 Å². The van der Waals surface area contributed by atoms with Crippen LogP contribution in [0.5, 0.6) is 5.75 Å². The standard InChI is InChI=1S/C22H28N6O2S/c1-4-9-27-10-7-16(13-27)28-11-8-19(26-28)24-22-23-12-18(31-22)21(30)25-20-14(2)5-6-17(29)15(20)3/h5-6,8,11-12,16,29H,4,7,9-10,13H2,1-3H3,(H,25,30)(H,23,24,26)/t16-/m1/s1. The van der Waals surface area contributed by atoms with Gasteiger partial charge in [0.05, 0.1) is 17.9 Å². The van der Waals surface area contributed by atoms with E-state index in [0.717, 1.165) is 37.4 Å². The Morgan fingerprint density at radius 3 is 2.97 bits per heavy atom. The van der Waals surface area contributed by atoms with Crippen molar-refractivity contribution in [3.8, 4) is 5.75 Å². The van der Waals surface area contributed by atoms with E-state index in [1.165, 1.54) is 17.8 Å². The van der Waals surface area contributed by atoms with Crippen LogP contribution >= 0.6 is 11.3 Å². The fourth-order valence-corrected chi connectivity index (χ4v) is 4.62. The fourth-order valence-electron chi connectivity index (χ4n) is 3.91. The maximum Gasteiger partial charge on any atom is 0.267 e. The third-order valence-electron chi connectivity index (χ3n) is 5.62. The molecule has 1 aliphatic rings. The molecule has 0 spiro atoms. The van der Waals surface area contributed by atoms with Gasteiger partial charge in [0.25, 0.3) is 5.91 Å². The van der Waals surface area contributed by atoms with Gasteiger partial charge in [0.2, 0.25) is 0 Å². The van der Waals surface area contributed by atoms with Crippen molar-refractivity contribution in [3.05, 3.63) is 46.6 Å². The number of hydrogen-bond donors (Lipinski definition) is 3. The zero-order valence-corrected chi connectivity index (χ0v) is 18.9. The lowest BCUT2D eigenvalue weighted by Crippen LogP contribution is -2.22. The summed E-state index contributed by atoms with van der Waals surface area (Å²) in [5.74, 6) is 0.619. The summed E-state index contributed by atoms with van der Waals surface area (Å²) in [4.78, 5) is 20.0. The number of aryl methyl sites for hydroxylation is 1. The highest BCUT2D eigenvalue weighted by Gasteiger charge is 2.24. The number of likely N-dealkylation sites (tertiary alicyclic amines) is 1. The quantitative estimate of drug-likeness (QED) is 0.507. The van der Waals surface area contributed by atoms with Crippen molar-refractivity contribution in [3.63, 3.8) is 0 Å². The van der Waals surface area contributed by atoms with Gasteiger partial charge < -0.3 is 20.6 Å². The monoisotopic (exact) mass is 440 g/mol. The molecule has 0 saturated carbocycles. The molecule has 0 bridgehead atoms. The lowest BCUT2D eigenvalue weighted by Gasteiger charge is -2.14. The van der Waals surface area contributed by atoms with Crippen molar-refractivity contribution < 1.29 is 9.90 Å². The lowest BCUT2D eigenvalue weighted by atomic mass is 10.1. The maximum atomic E-state index is 12.7. The third-order valence-corrected chi connectivity index (χ3v) is 6.53. The van der Waals surface area contributed by atoms with E-state index in [1.54, 1.807) is 25.3 Å². The molecule has 1 saturated heterocycles. The van der Waals surface area contributed by atoms with E-state index in [0.29, 0.717) is 27.3 Å². The van der Waals surface area contributed by atoms with Crippen LogP contribution in [0.3, 0.4) is 0 Å². The summed E-state index contributed by atoms with van der Waals surface area (Å²) in [5, 5.41) is 21.3. The number of phenols is 1. The smallest absolute Gasteiger partial charge is 0.267 e. The molecule has 1 atom stereocenters. The third kappa shape index (κ3) is 4.72. The predicted octanol–water partition coefficient (Wildman–Crippen LogP) is 4.31. The van der Waals surface area contributed by atoms with Gasteiger partial charge in [-0.05, 0) is 44.9 Å². The highest BCUT2D eigenvalue weighted by Crippen LogP contribution is 2.30. The number of nitrogens with zero attached hydrogens (tertiary/aromatic N) is 4. The van der Waals surface area contributed by atoms with Crippen LogP contribution in [0, 0.1) is 13.8 Å². The van der Waals surface area contributed by atoms with Crippen LogP contribution in [0.2, 0.25) is 0 Å². The average molecular weight is 441 g/mol. The van der Waals surface area contributed by atoms with E-state index in [1.807, 2.05) is 23.9 Å². The van der Waals surface area contributed by atoms with Crippen molar-refractivity contribution >= 4 is 33.9 Å². The van der Waals surface area contributed by atoms with E-state index in [4.69, 9.17) is 0 Å². The fraction of sp³-hybridized carbons (Fsp3) is 0.409. The number of thiazole rings is 1. The summed E-state index contributed by atoms with van der Waals surface area (Å²) in [5.41, 5.74) is 2.16. The molecule has 1 aromatic carbocycles. The molecule has 0 unspecified atom stereocenters. The summed E-state index contributed by atoms with van der Waals surface area (Å²) in [7, 11) is 0. The first-order valence-corrected chi connectivity index (χ1v) is 11.4. The van der Waals surface area contributed by atoms with Gasteiger partial charge in [-0.15, -0.1) is 0 Å². The van der Waals surface area contributed by atoms with Crippen LogP contribution in [-0.4, -0.2) is 50.3 Å². The summed E-state index contributed by atoms with van der Waals surface area (Å²) >= 11 is 1.27. The minimum absolute atomic E-state index is 0.156. The van der Waals surface area contributed by atoms with Gasteiger partial charge in [-0.25, -0.2) is 4.98 Å². The van der Waals surface area contributed by atoms with E-state index >= 15 is 0 Å². The Kier molecular flexibility index (Phi) is 6.24. The van der Waals surface area contributed by atoms with Crippen LogP contribution in [-0.2, 0) is 0 Å². The topological polar surface area (TPSA) is 95.3 Å². The highest BCUT2D eigenvalue weighted by molar-refractivity contribution is 7.17. The first-order valence-electron chi connectivity index (χ1n) is 10.6. The highest BCUT2D eigenvalue weighted by atomic mass is 32.1. The number of carbonyl (C=O) groups excluding carboxylic acids is 1. The van der Waals surface area contributed by atoms with Gasteiger partial charge in [-0.3, -0.25) is 9.48 Å². The van der Waals surface area contributed by atoms with Gasteiger partial charge in [-0.1, -0.05) is 24.3 Å². The Hall–Kier alpha value is -2.91. The number of phenolic OH excluding ortho intramolecular Hbond substituents is 1. The SMILES string of the molecule is CCCN1CC[C@@H](n2ccc(Nc3ncc(C(=O)Nc4c(C)ccc(O)c4C)s3)n2)C1. The molecule has 31 heavy (non-hydrogen) atoms. The lowest BCUT2D eigenvalue weighted by molar-refractivity contribution is 0.103. The largest absolute Gasteiger partial charge is 0.508 e. The number of amides is 1. The average Bonchev–Trinajstić information content (AvgIpc) is 3.50. The molecule has 3 N–H and O–H groups in total. The van der Waals surface area contributed by atoms with Crippen LogP contribution in [0.4, 0.5) is 16.6 Å². The zero-order chi connectivity index (χ0) is 22.0. The molecule has 0 radical (unpaired) electrons. The molecule has 8 nitrogen and oxygen atoms in total. The van der Waals surface area contributed by atoms with Crippen molar-refractivity contribution in [1.29, 1.82) is 0 Å². The molecule has 2 aromatic heterocycles. The van der Waals surface area contributed by atoms with Crippen LogP contribution in [0.15, 0.2) is 30.6 Å². The number of benzene rings is 1. The van der Waals surface area contributed by atoms with Crippen molar-refractivity contribution in [2.75, 3.05) is 30.3 Å². The Morgan fingerprint density at radius 2 is 2.16 bits per heavy atom. The summed E-state index contributed by atoms with van der Waals surface area (Å²) < 4.78 is 2.02. The molecule has 0 aliphatic carbocycles. The minimum Gasteiger partial charge on any atom is -0.508 e. The van der Waals surface area contributed by atoms with E-state index in [-0.39, 0.29) is 11.7 Å². The Morgan fingerprint density at radius 1 is 1.32 bits per heavy atom. The first-order chi connectivity index (χ1) is 14.9. The van der Waals surface area contributed by atoms with E-state index < -0.39 is 0 Å². The molecule has 3 aromatic rings. The summed E-state index contributed by atoms with van der Waals surface area (Å²) in [6, 6.07) is 5.73. The Balaban J connectivity index is 1.39. The minimum atomic E-state index is -0.255. The Labute approximate surface area is 185 Å². The molecule has 3 heterocycles. The number of nitrogens with one attached hydrogen (secondary N) is 2. The number of rotatable bonds is 7. The van der Waals surface area contributed by atoms with Crippen molar-refractivity contribution in [2.24, 2.45) is 0 Å². The van der Waals surface area contributed by atoms with Gasteiger partial charge in [0, 0.05) is 30.9 Å². The zero-order valence-electron chi connectivity index (χ0n) is 18.1. The number of aromatic nitrogens is 3. The van der Waals surface area contributed by atoms with E-state index in [2.05, 4.69) is 32.5 Å². The van der Waals surface area contributed by atoms with Crippen molar-refractivity contribution in [1.82, 2.24) is 19.7 Å². The van der Waals surface area contributed by atoms with Crippen LogP contribution < -0.4 is 10.6 Å². The molecule has 9 heteroatoms. The second-order valence-electron chi connectivity index (χ2n) is 7.93. The molecule has 4 rings (SSSR count). The molecule has 164 valence electrons. The molecule has 1 amide bonds. The van der Waals surface area contributed by atoms with Gasteiger partial charge in [0.15, 0.2) is 10.9 Å². The van der Waals surface area contributed by atoms with Gasteiger partial charge in [-0.2, -0.15) is 5.10 Å². The number of anilines is 3. The predicted molar refractivity (Wildman–Crippen MR) is 124 cm³/mol.